The molecule has 1 aliphatic rings. The Balaban J connectivity index is 1.67. The largest absolute Gasteiger partial charge is 0.497 e. The highest BCUT2D eigenvalue weighted by atomic mass is 35.5. The van der Waals surface area contributed by atoms with Crippen LogP contribution in [-0.2, 0) is 6.54 Å². The van der Waals surface area contributed by atoms with E-state index in [0.717, 1.165) is 28.1 Å². The molecule has 0 bridgehead atoms. The van der Waals surface area contributed by atoms with Crippen molar-refractivity contribution < 1.29 is 9.53 Å². The topological polar surface area (TPSA) is 41.6 Å². The van der Waals surface area contributed by atoms with Gasteiger partial charge in [-0.15, -0.1) is 0 Å². The van der Waals surface area contributed by atoms with Crippen molar-refractivity contribution in [3.8, 4) is 5.75 Å². The number of methoxy groups -OCH3 is 1. The zero-order valence-corrected chi connectivity index (χ0v) is 15.6. The minimum atomic E-state index is -0.265. The molecule has 1 aliphatic heterocycles. The molecule has 27 heavy (non-hydrogen) atoms. The number of benzene rings is 3. The molecule has 1 heterocycles. The van der Waals surface area contributed by atoms with E-state index in [0.29, 0.717) is 11.6 Å². The van der Waals surface area contributed by atoms with Crippen LogP contribution in [0.4, 0.5) is 5.69 Å². The second-order valence-electron chi connectivity index (χ2n) is 6.39. The first kappa shape index (κ1) is 17.4. The van der Waals surface area contributed by atoms with Crippen molar-refractivity contribution >= 4 is 23.2 Å². The van der Waals surface area contributed by atoms with Crippen LogP contribution in [0, 0.1) is 0 Å². The van der Waals surface area contributed by atoms with Crippen LogP contribution in [-0.4, -0.2) is 17.9 Å². The van der Waals surface area contributed by atoms with Gasteiger partial charge in [-0.1, -0.05) is 48.0 Å². The lowest BCUT2D eigenvalue weighted by Crippen LogP contribution is -2.32. The number of carbonyl (C=O) groups excluding carboxylic acids is 1. The maximum atomic E-state index is 13.0. The Morgan fingerprint density at radius 2 is 1.70 bits per heavy atom. The molecule has 0 fully saturated rings. The molecule has 0 saturated heterocycles. The quantitative estimate of drug-likeness (QED) is 0.670. The van der Waals surface area contributed by atoms with Gasteiger partial charge in [-0.3, -0.25) is 4.79 Å². The van der Waals surface area contributed by atoms with Crippen molar-refractivity contribution in [2.24, 2.45) is 0 Å². The highest BCUT2D eigenvalue weighted by Gasteiger charge is 2.36. The molecule has 0 aromatic heterocycles. The lowest BCUT2D eigenvalue weighted by atomic mass is 10.1. The summed E-state index contributed by atoms with van der Waals surface area (Å²) in [5.41, 5.74) is 3.51. The van der Waals surface area contributed by atoms with E-state index in [1.165, 1.54) is 0 Å². The molecule has 1 atom stereocenters. The van der Waals surface area contributed by atoms with Crippen molar-refractivity contribution in [1.82, 2.24) is 4.90 Å². The van der Waals surface area contributed by atoms with Gasteiger partial charge in [-0.25, -0.2) is 0 Å². The number of hydrogen-bond donors (Lipinski definition) is 1. The van der Waals surface area contributed by atoms with Crippen molar-refractivity contribution in [3.63, 3.8) is 0 Å². The van der Waals surface area contributed by atoms with Crippen molar-refractivity contribution in [3.05, 3.63) is 94.5 Å². The van der Waals surface area contributed by atoms with Gasteiger partial charge >= 0.3 is 0 Å². The van der Waals surface area contributed by atoms with Gasteiger partial charge in [0.05, 0.1) is 7.11 Å². The highest BCUT2D eigenvalue weighted by Crippen LogP contribution is 2.36. The molecule has 3 aromatic carbocycles. The molecular weight excluding hydrogens is 360 g/mol. The van der Waals surface area contributed by atoms with Gasteiger partial charge in [0, 0.05) is 28.4 Å². The van der Waals surface area contributed by atoms with Crippen molar-refractivity contribution in [2.75, 3.05) is 12.4 Å². The number of nitrogens with zero attached hydrogens (tertiary/aromatic N) is 1. The molecule has 0 radical (unpaired) electrons. The van der Waals surface area contributed by atoms with E-state index < -0.39 is 0 Å². The number of amides is 1. The third kappa shape index (κ3) is 3.36. The predicted molar refractivity (Wildman–Crippen MR) is 107 cm³/mol. The van der Waals surface area contributed by atoms with Crippen LogP contribution in [0.15, 0.2) is 72.8 Å². The highest BCUT2D eigenvalue weighted by molar-refractivity contribution is 6.31. The zero-order chi connectivity index (χ0) is 18.8. The zero-order valence-electron chi connectivity index (χ0n) is 14.9. The molecule has 1 amide bonds. The normalized spacial score (nSPS) is 15.6. The average Bonchev–Trinajstić information content (AvgIpc) is 2.96. The number of anilines is 1. The molecule has 4 nitrogen and oxygen atoms in total. The standard InChI is InChI=1S/C22H19ClN2O2/c1-27-17-12-10-16(11-13-17)24-21-18-7-3-4-8-19(18)22(26)25(21)14-15-6-2-5-9-20(15)23/h2-13,21,24H,14H2,1H3/t21-/m1/s1. The van der Waals surface area contributed by atoms with Gasteiger partial charge in [0.15, 0.2) is 0 Å². The molecule has 5 heteroatoms. The van der Waals surface area contributed by atoms with Crippen LogP contribution < -0.4 is 10.1 Å². The Hall–Kier alpha value is -2.98. The number of fused-ring (bicyclic) bond motifs is 1. The second-order valence-corrected chi connectivity index (χ2v) is 6.79. The Morgan fingerprint density at radius 1 is 1.00 bits per heavy atom. The smallest absolute Gasteiger partial charge is 0.256 e. The fourth-order valence-electron chi connectivity index (χ4n) is 3.34. The van der Waals surface area contributed by atoms with E-state index in [9.17, 15) is 4.79 Å². The number of carbonyl (C=O) groups is 1. The molecule has 4 rings (SSSR count). The fraction of sp³-hybridized carbons (Fsp3) is 0.136. The number of nitrogens with one attached hydrogen (secondary N) is 1. The van der Waals surface area contributed by atoms with Crippen LogP contribution in [0.1, 0.15) is 27.7 Å². The number of ether oxygens (including phenoxy) is 1. The van der Waals surface area contributed by atoms with Crippen LogP contribution in [0.5, 0.6) is 5.75 Å². The number of rotatable bonds is 5. The summed E-state index contributed by atoms with van der Waals surface area (Å²) in [7, 11) is 1.64. The second kappa shape index (κ2) is 7.33. The maximum absolute atomic E-state index is 13.0. The van der Waals surface area contributed by atoms with Crippen molar-refractivity contribution in [2.45, 2.75) is 12.7 Å². The third-order valence-corrected chi connectivity index (χ3v) is 5.12. The van der Waals surface area contributed by atoms with E-state index in [1.807, 2.05) is 77.7 Å². The first-order valence-corrected chi connectivity index (χ1v) is 9.09. The summed E-state index contributed by atoms with van der Waals surface area (Å²) in [5.74, 6) is 0.785. The minimum absolute atomic E-state index is 0.00321. The van der Waals surface area contributed by atoms with E-state index in [1.54, 1.807) is 7.11 Å². The molecule has 1 N–H and O–H groups in total. The number of halogens is 1. The van der Waals surface area contributed by atoms with Crippen LogP contribution in [0.3, 0.4) is 0 Å². The van der Waals surface area contributed by atoms with E-state index in [2.05, 4.69) is 5.32 Å². The first-order valence-electron chi connectivity index (χ1n) is 8.71. The molecule has 3 aromatic rings. The van der Waals surface area contributed by atoms with E-state index >= 15 is 0 Å². The first-order chi connectivity index (χ1) is 13.2. The van der Waals surface area contributed by atoms with Gasteiger partial charge in [0.1, 0.15) is 11.9 Å². The average molecular weight is 379 g/mol. The molecule has 0 unspecified atom stereocenters. The number of hydrogen-bond acceptors (Lipinski definition) is 3. The van der Waals surface area contributed by atoms with Gasteiger partial charge in [-0.05, 0) is 42.0 Å². The van der Waals surface area contributed by atoms with Crippen molar-refractivity contribution in [1.29, 1.82) is 0 Å². The van der Waals surface area contributed by atoms with Gasteiger partial charge in [-0.2, -0.15) is 0 Å². The Bertz CT molecular complexity index is 972. The monoisotopic (exact) mass is 378 g/mol. The van der Waals surface area contributed by atoms with Crippen LogP contribution >= 0.6 is 11.6 Å². The van der Waals surface area contributed by atoms with Gasteiger partial charge in [0.2, 0.25) is 0 Å². The van der Waals surface area contributed by atoms with E-state index in [-0.39, 0.29) is 12.1 Å². The van der Waals surface area contributed by atoms with Gasteiger partial charge in [0.25, 0.3) is 5.91 Å². The summed E-state index contributed by atoms with van der Waals surface area (Å²) in [5, 5.41) is 4.13. The maximum Gasteiger partial charge on any atom is 0.256 e. The Morgan fingerprint density at radius 3 is 2.44 bits per heavy atom. The summed E-state index contributed by atoms with van der Waals surface area (Å²) in [4.78, 5) is 14.9. The predicted octanol–water partition coefficient (Wildman–Crippen LogP) is 5.12. The van der Waals surface area contributed by atoms with E-state index in [4.69, 9.17) is 16.3 Å². The summed E-state index contributed by atoms with van der Waals surface area (Å²) in [6.45, 7) is 0.432. The Kier molecular flexibility index (Phi) is 4.73. The molecule has 136 valence electrons. The van der Waals surface area contributed by atoms with Crippen LogP contribution in [0.25, 0.3) is 0 Å². The summed E-state index contributed by atoms with van der Waals surface area (Å²) in [6, 6.07) is 23.0. The van der Waals surface area contributed by atoms with Crippen LogP contribution in [0.2, 0.25) is 5.02 Å². The molecule has 0 spiro atoms. The SMILES string of the molecule is COc1ccc(N[C@H]2c3ccccc3C(=O)N2Cc2ccccc2Cl)cc1. The lowest BCUT2D eigenvalue weighted by Gasteiger charge is -2.27. The lowest BCUT2D eigenvalue weighted by molar-refractivity contribution is 0.0729. The third-order valence-electron chi connectivity index (χ3n) is 4.75. The molecule has 0 aliphatic carbocycles. The molecule has 0 saturated carbocycles. The minimum Gasteiger partial charge on any atom is -0.497 e. The Labute approximate surface area is 163 Å². The summed E-state index contributed by atoms with van der Waals surface area (Å²) in [6.07, 6.45) is -0.265. The summed E-state index contributed by atoms with van der Waals surface area (Å²) < 4.78 is 5.22. The fourth-order valence-corrected chi connectivity index (χ4v) is 3.54. The molecular formula is C22H19ClN2O2. The van der Waals surface area contributed by atoms with Gasteiger partial charge < -0.3 is 15.0 Å². The summed E-state index contributed by atoms with van der Waals surface area (Å²) >= 11 is 6.33.